The summed E-state index contributed by atoms with van der Waals surface area (Å²) in [4.78, 5) is 2.30. The maximum atomic E-state index is 9.97. The summed E-state index contributed by atoms with van der Waals surface area (Å²) in [5.74, 6) is 0. The molecule has 3 saturated heterocycles. The maximum Gasteiger partial charge on any atom is 0.157 e. The lowest BCUT2D eigenvalue weighted by molar-refractivity contribution is -0.0567. The van der Waals surface area contributed by atoms with Crippen LogP contribution in [0.5, 0.6) is 0 Å². The first-order valence-electron chi connectivity index (χ1n) is 8.42. The zero-order chi connectivity index (χ0) is 15.7. The third kappa shape index (κ3) is 2.66. The van der Waals surface area contributed by atoms with Crippen LogP contribution in [0.2, 0.25) is 0 Å². The van der Waals surface area contributed by atoms with Crippen molar-refractivity contribution < 1.29 is 14.2 Å². The minimum Gasteiger partial charge on any atom is -0.361 e. The molecule has 122 valence electrons. The van der Waals surface area contributed by atoms with E-state index in [0.717, 1.165) is 25.7 Å². The molecule has 0 N–H and O–H groups in total. The highest BCUT2D eigenvalue weighted by molar-refractivity contribution is 5.25. The van der Waals surface area contributed by atoms with Crippen molar-refractivity contribution in [2.75, 3.05) is 19.8 Å². The molecule has 3 fully saturated rings. The van der Waals surface area contributed by atoms with Crippen LogP contribution >= 0.6 is 0 Å². The summed E-state index contributed by atoms with van der Waals surface area (Å²) in [5, 5.41) is 9.97. The van der Waals surface area contributed by atoms with E-state index in [4.69, 9.17) is 14.2 Å². The Morgan fingerprint density at radius 1 is 1.17 bits per heavy atom. The fraction of sp³-hybridized carbons (Fsp3) is 0.611. The van der Waals surface area contributed by atoms with Gasteiger partial charge in [0.1, 0.15) is 11.8 Å². The second kappa shape index (κ2) is 6.21. The summed E-state index contributed by atoms with van der Waals surface area (Å²) in [7, 11) is 0. The number of hydrogen-bond acceptors (Lipinski definition) is 5. The number of ether oxygens (including phenoxy) is 3. The molecular formula is C18H22N2O3. The minimum absolute atomic E-state index is 0.0604. The van der Waals surface area contributed by atoms with Crippen molar-refractivity contribution in [3.05, 3.63) is 35.9 Å². The van der Waals surface area contributed by atoms with Gasteiger partial charge in [-0.3, -0.25) is 4.90 Å². The topological polar surface area (TPSA) is 54.7 Å². The highest BCUT2D eigenvalue weighted by atomic mass is 16.7. The second-order valence-electron chi connectivity index (χ2n) is 6.51. The van der Waals surface area contributed by atoms with Gasteiger partial charge < -0.3 is 14.2 Å². The van der Waals surface area contributed by atoms with E-state index in [2.05, 4.69) is 23.1 Å². The molecule has 5 nitrogen and oxygen atoms in total. The molecule has 1 unspecified atom stereocenters. The van der Waals surface area contributed by atoms with E-state index in [0.29, 0.717) is 19.8 Å². The van der Waals surface area contributed by atoms with Crippen LogP contribution in [0.15, 0.2) is 30.3 Å². The van der Waals surface area contributed by atoms with Crippen LogP contribution in [0.4, 0.5) is 0 Å². The van der Waals surface area contributed by atoms with Crippen molar-refractivity contribution in [3.8, 4) is 6.07 Å². The van der Waals surface area contributed by atoms with E-state index < -0.39 is 5.54 Å². The molecule has 0 amide bonds. The third-order valence-electron chi connectivity index (χ3n) is 5.27. The van der Waals surface area contributed by atoms with Crippen LogP contribution in [0.1, 0.15) is 37.3 Å². The van der Waals surface area contributed by atoms with E-state index in [1.54, 1.807) is 0 Å². The van der Waals surface area contributed by atoms with Gasteiger partial charge in [-0.05, 0) is 24.8 Å². The fourth-order valence-corrected chi connectivity index (χ4v) is 4.14. The molecule has 0 aromatic heterocycles. The summed E-state index contributed by atoms with van der Waals surface area (Å²) >= 11 is 0. The van der Waals surface area contributed by atoms with Crippen LogP contribution in [0, 0.1) is 11.3 Å². The second-order valence-corrected chi connectivity index (χ2v) is 6.51. The average molecular weight is 314 g/mol. The third-order valence-corrected chi connectivity index (χ3v) is 5.27. The molecular weight excluding hydrogens is 292 g/mol. The molecule has 23 heavy (non-hydrogen) atoms. The first-order valence-corrected chi connectivity index (χ1v) is 8.42. The van der Waals surface area contributed by atoms with Crippen molar-refractivity contribution in [1.29, 1.82) is 5.26 Å². The van der Waals surface area contributed by atoms with Gasteiger partial charge in [-0.1, -0.05) is 30.3 Å². The Morgan fingerprint density at radius 3 is 2.70 bits per heavy atom. The number of fused-ring (bicyclic) bond motifs is 1. The van der Waals surface area contributed by atoms with E-state index in [-0.39, 0.29) is 18.6 Å². The average Bonchev–Trinajstić information content (AvgIpc) is 3.32. The lowest BCUT2D eigenvalue weighted by Crippen LogP contribution is -2.45. The van der Waals surface area contributed by atoms with Gasteiger partial charge >= 0.3 is 0 Å². The molecule has 3 atom stereocenters. The van der Waals surface area contributed by atoms with Crippen molar-refractivity contribution in [3.63, 3.8) is 0 Å². The molecule has 0 radical (unpaired) electrons. The van der Waals surface area contributed by atoms with Crippen LogP contribution < -0.4 is 0 Å². The molecule has 0 saturated carbocycles. The Labute approximate surface area is 136 Å². The summed E-state index contributed by atoms with van der Waals surface area (Å²) in [6.07, 6.45) is 3.20. The van der Waals surface area contributed by atoms with Crippen molar-refractivity contribution in [1.82, 2.24) is 4.90 Å². The Balaban J connectivity index is 1.55. The molecule has 0 spiro atoms. The number of nitriles is 1. The Bertz CT molecular complexity index is 582. The van der Waals surface area contributed by atoms with Gasteiger partial charge in [0.2, 0.25) is 0 Å². The Morgan fingerprint density at radius 2 is 1.96 bits per heavy atom. The van der Waals surface area contributed by atoms with Crippen LogP contribution in [-0.2, 0) is 14.2 Å². The largest absolute Gasteiger partial charge is 0.361 e. The van der Waals surface area contributed by atoms with Crippen LogP contribution in [0.3, 0.4) is 0 Å². The van der Waals surface area contributed by atoms with Crippen LogP contribution in [0.25, 0.3) is 0 Å². The van der Waals surface area contributed by atoms with E-state index in [1.165, 1.54) is 5.56 Å². The Hall–Kier alpha value is -1.45. The molecule has 0 bridgehead atoms. The number of hydrogen-bond donors (Lipinski definition) is 0. The number of rotatable bonds is 4. The molecule has 3 heterocycles. The van der Waals surface area contributed by atoms with Gasteiger partial charge in [-0.25, -0.2) is 0 Å². The molecule has 1 aromatic rings. The SMILES string of the molecule is N#CC1(CCC2OCCO2)CC[C@@H]2OC[C@@H](c3ccccc3)N21. The summed E-state index contributed by atoms with van der Waals surface area (Å²) in [5.41, 5.74) is 0.752. The summed E-state index contributed by atoms with van der Waals surface area (Å²) in [6, 6.07) is 13.1. The van der Waals surface area contributed by atoms with Gasteiger partial charge in [0, 0.05) is 6.42 Å². The molecule has 4 rings (SSSR count). The van der Waals surface area contributed by atoms with Gasteiger partial charge in [0.15, 0.2) is 6.29 Å². The van der Waals surface area contributed by atoms with E-state index in [9.17, 15) is 5.26 Å². The van der Waals surface area contributed by atoms with Crippen LogP contribution in [-0.4, -0.2) is 42.8 Å². The molecule has 0 aliphatic carbocycles. The minimum atomic E-state index is -0.475. The van der Waals surface area contributed by atoms with Gasteiger partial charge in [-0.15, -0.1) is 0 Å². The maximum absolute atomic E-state index is 9.97. The first-order chi connectivity index (χ1) is 11.3. The monoisotopic (exact) mass is 314 g/mol. The smallest absolute Gasteiger partial charge is 0.157 e. The lowest BCUT2D eigenvalue weighted by Gasteiger charge is -2.36. The predicted octanol–water partition coefficient (Wildman–Crippen LogP) is 2.60. The Kier molecular flexibility index (Phi) is 4.08. The zero-order valence-corrected chi connectivity index (χ0v) is 13.2. The molecule has 1 aromatic carbocycles. The van der Waals surface area contributed by atoms with Gasteiger partial charge in [0.05, 0.1) is 31.9 Å². The fourth-order valence-electron chi connectivity index (χ4n) is 4.14. The highest BCUT2D eigenvalue weighted by Crippen LogP contribution is 2.47. The zero-order valence-electron chi connectivity index (χ0n) is 13.2. The van der Waals surface area contributed by atoms with Crippen molar-refractivity contribution in [2.24, 2.45) is 0 Å². The summed E-state index contributed by atoms with van der Waals surface area (Å²) in [6.45, 7) is 1.98. The standard InChI is InChI=1S/C18H22N2O3/c19-13-18(9-7-17-21-10-11-22-17)8-6-16-20(18)15(12-23-16)14-4-2-1-3-5-14/h1-5,15-17H,6-12H2/t15-,16-,18?/m0/s1. The van der Waals surface area contributed by atoms with Crippen molar-refractivity contribution in [2.45, 2.75) is 49.8 Å². The normalized spacial score (nSPS) is 34.6. The predicted molar refractivity (Wildman–Crippen MR) is 83.3 cm³/mol. The van der Waals surface area contributed by atoms with E-state index in [1.807, 2.05) is 18.2 Å². The number of benzene rings is 1. The lowest BCUT2D eigenvalue weighted by atomic mass is 9.89. The highest BCUT2D eigenvalue weighted by Gasteiger charge is 2.54. The summed E-state index contributed by atoms with van der Waals surface area (Å²) < 4.78 is 17.1. The molecule has 5 heteroatoms. The first kappa shape index (κ1) is 15.1. The number of nitrogens with zero attached hydrogens (tertiary/aromatic N) is 2. The van der Waals surface area contributed by atoms with E-state index >= 15 is 0 Å². The molecule has 3 aliphatic heterocycles. The van der Waals surface area contributed by atoms with Crippen molar-refractivity contribution >= 4 is 0 Å². The quantitative estimate of drug-likeness (QED) is 0.855. The molecule has 3 aliphatic rings. The van der Waals surface area contributed by atoms with Gasteiger partial charge in [0.25, 0.3) is 0 Å². The van der Waals surface area contributed by atoms with Gasteiger partial charge in [-0.2, -0.15) is 5.26 Å².